The minimum Gasteiger partial charge on any atom is -0.748 e. The SMILES string of the molecule is CS(=O)(=O)[O-].N=C(N)c1sccc1C(=O)Oc1ccc2ncsc2c1. The zero-order valence-electron chi connectivity index (χ0n) is 12.8. The number of nitrogens with zero attached hydrogens (tertiary/aromatic N) is 1. The van der Waals surface area contributed by atoms with Crippen molar-refractivity contribution in [1.29, 1.82) is 5.41 Å². The smallest absolute Gasteiger partial charge is 0.345 e. The van der Waals surface area contributed by atoms with Gasteiger partial charge in [0.25, 0.3) is 0 Å². The number of amidine groups is 1. The number of carbonyl (C=O) groups is 1. The Morgan fingerprint density at radius 1 is 1.32 bits per heavy atom. The van der Waals surface area contributed by atoms with Gasteiger partial charge in [-0.05, 0) is 23.6 Å². The molecular weight excluding hydrogens is 386 g/mol. The Morgan fingerprint density at radius 2 is 2.00 bits per heavy atom. The summed E-state index contributed by atoms with van der Waals surface area (Å²) in [5.41, 5.74) is 8.35. The third kappa shape index (κ3) is 5.60. The molecule has 3 rings (SSSR count). The molecule has 0 aliphatic heterocycles. The van der Waals surface area contributed by atoms with E-state index in [0.717, 1.165) is 10.2 Å². The summed E-state index contributed by atoms with van der Waals surface area (Å²) in [6, 6.07) is 6.87. The molecule has 3 N–H and O–H groups in total. The second kappa shape index (κ2) is 7.70. The van der Waals surface area contributed by atoms with Gasteiger partial charge in [-0.1, -0.05) is 0 Å². The fourth-order valence-electron chi connectivity index (χ4n) is 1.74. The van der Waals surface area contributed by atoms with E-state index in [1.165, 1.54) is 22.7 Å². The average Bonchev–Trinajstić information content (AvgIpc) is 3.14. The summed E-state index contributed by atoms with van der Waals surface area (Å²) in [7, 11) is -3.92. The fourth-order valence-corrected chi connectivity index (χ4v) is 3.19. The van der Waals surface area contributed by atoms with Gasteiger partial charge in [0.05, 0.1) is 36.3 Å². The number of benzene rings is 1. The number of fused-ring (bicyclic) bond motifs is 1. The fraction of sp³-hybridized carbons (Fsp3) is 0.0714. The number of thiophene rings is 1. The largest absolute Gasteiger partial charge is 0.748 e. The molecule has 2 aromatic heterocycles. The molecule has 25 heavy (non-hydrogen) atoms. The number of aromatic nitrogens is 1. The van der Waals surface area contributed by atoms with Crippen LogP contribution in [0.4, 0.5) is 0 Å². The lowest BCUT2D eigenvalue weighted by Gasteiger charge is -2.04. The van der Waals surface area contributed by atoms with Gasteiger partial charge in [0, 0.05) is 12.3 Å². The molecule has 2 heterocycles. The number of thiazole rings is 1. The van der Waals surface area contributed by atoms with E-state index >= 15 is 0 Å². The Kier molecular flexibility index (Phi) is 5.85. The summed E-state index contributed by atoms with van der Waals surface area (Å²) in [6.45, 7) is 0. The van der Waals surface area contributed by atoms with Crippen LogP contribution in [-0.2, 0) is 10.1 Å². The summed E-state index contributed by atoms with van der Waals surface area (Å²) < 4.78 is 33.5. The first kappa shape index (κ1) is 19.0. The number of nitrogen functional groups attached to an aromatic ring is 1. The normalized spacial score (nSPS) is 10.8. The molecule has 0 amide bonds. The molecule has 132 valence electrons. The van der Waals surface area contributed by atoms with Crippen LogP contribution in [0.1, 0.15) is 15.2 Å². The van der Waals surface area contributed by atoms with Crippen LogP contribution in [0.5, 0.6) is 5.75 Å². The Morgan fingerprint density at radius 3 is 2.64 bits per heavy atom. The summed E-state index contributed by atoms with van der Waals surface area (Å²) in [5.74, 6) is -0.197. The van der Waals surface area contributed by atoms with Crippen molar-refractivity contribution in [2.75, 3.05) is 6.26 Å². The monoisotopic (exact) mass is 398 g/mol. The third-order valence-corrected chi connectivity index (χ3v) is 4.38. The quantitative estimate of drug-likeness (QED) is 0.225. The van der Waals surface area contributed by atoms with Crippen molar-refractivity contribution < 1.29 is 22.5 Å². The van der Waals surface area contributed by atoms with Crippen LogP contribution in [0.3, 0.4) is 0 Å². The highest BCUT2D eigenvalue weighted by Gasteiger charge is 2.17. The molecule has 0 unspecified atom stereocenters. The van der Waals surface area contributed by atoms with Crippen LogP contribution in [0.15, 0.2) is 35.2 Å². The van der Waals surface area contributed by atoms with Gasteiger partial charge < -0.3 is 15.0 Å². The Balaban J connectivity index is 0.000000399. The molecule has 0 saturated heterocycles. The first-order chi connectivity index (χ1) is 11.6. The summed E-state index contributed by atoms with van der Waals surface area (Å²) >= 11 is 2.72. The minimum atomic E-state index is -3.92. The van der Waals surface area contributed by atoms with Crippen molar-refractivity contribution in [3.05, 3.63) is 45.6 Å². The molecule has 8 nitrogen and oxygen atoms in total. The molecule has 0 fully saturated rings. The standard InChI is InChI=1S/C13H9N3O2S2.CH4O3S/c14-12(15)11-8(3-4-19-11)13(17)18-7-1-2-9-10(5-7)20-6-16-9;1-5(2,3)4/h1-6H,(H3,14,15);1H3,(H,2,3,4)/p-1. The van der Waals surface area contributed by atoms with Gasteiger partial charge in [0.1, 0.15) is 11.6 Å². The highest BCUT2D eigenvalue weighted by molar-refractivity contribution is 7.84. The van der Waals surface area contributed by atoms with Crippen LogP contribution in [0, 0.1) is 5.41 Å². The number of esters is 1. The summed E-state index contributed by atoms with van der Waals surface area (Å²) in [5, 5.41) is 9.13. The molecule has 0 saturated carbocycles. The van der Waals surface area contributed by atoms with Crippen LogP contribution in [0.25, 0.3) is 10.2 Å². The lowest BCUT2D eigenvalue weighted by molar-refractivity contribution is 0.0735. The van der Waals surface area contributed by atoms with E-state index in [4.69, 9.17) is 28.9 Å². The summed E-state index contributed by atoms with van der Waals surface area (Å²) in [6.07, 6.45) is 0.604. The highest BCUT2D eigenvalue weighted by atomic mass is 32.2. The number of carbonyl (C=O) groups excluding carboxylic acids is 1. The maximum Gasteiger partial charge on any atom is 0.345 e. The average molecular weight is 398 g/mol. The van der Waals surface area contributed by atoms with E-state index in [9.17, 15) is 4.79 Å². The predicted molar refractivity (Wildman–Crippen MR) is 95.5 cm³/mol. The topological polar surface area (TPSA) is 146 Å². The molecule has 0 aliphatic carbocycles. The number of nitrogens with one attached hydrogen (secondary N) is 1. The van der Waals surface area contributed by atoms with Crippen LogP contribution in [-0.4, -0.2) is 36.0 Å². The van der Waals surface area contributed by atoms with E-state index in [-0.39, 0.29) is 5.84 Å². The second-order valence-electron chi connectivity index (χ2n) is 4.65. The van der Waals surface area contributed by atoms with Crippen molar-refractivity contribution in [3.8, 4) is 5.75 Å². The van der Waals surface area contributed by atoms with Gasteiger partial charge in [-0.3, -0.25) is 5.41 Å². The molecule has 0 spiro atoms. The minimum absolute atomic E-state index is 0.134. The van der Waals surface area contributed by atoms with Crippen LogP contribution in [0.2, 0.25) is 0 Å². The van der Waals surface area contributed by atoms with Crippen molar-refractivity contribution in [2.24, 2.45) is 5.73 Å². The number of ether oxygens (including phenoxy) is 1. The van der Waals surface area contributed by atoms with Crippen molar-refractivity contribution in [1.82, 2.24) is 4.98 Å². The molecule has 11 heteroatoms. The van der Waals surface area contributed by atoms with Crippen LogP contribution < -0.4 is 10.5 Å². The zero-order chi connectivity index (χ0) is 18.6. The molecular formula is C14H12N3O5S3-. The van der Waals surface area contributed by atoms with Gasteiger partial charge in [-0.25, -0.2) is 18.2 Å². The van der Waals surface area contributed by atoms with E-state index in [1.54, 1.807) is 35.2 Å². The van der Waals surface area contributed by atoms with Crippen molar-refractivity contribution in [3.63, 3.8) is 0 Å². The third-order valence-electron chi connectivity index (χ3n) is 2.64. The van der Waals surface area contributed by atoms with Gasteiger partial charge >= 0.3 is 5.97 Å². The molecule has 0 bridgehead atoms. The maximum atomic E-state index is 12.1. The molecule has 0 radical (unpaired) electrons. The summed E-state index contributed by atoms with van der Waals surface area (Å²) in [4.78, 5) is 16.7. The Labute approximate surface area is 151 Å². The highest BCUT2D eigenvalue weighted by Crippen LogP contribution is 2.25. The van der Waals surface area contributed by atoms with Crippen molar-refractivity contribution >= 4 is 54.8 Å². The number of rotatable bonds is 3. The Bertz CT molecular complexity index is 1020. The van der Waals surface area contributed by atoms with Crippen LogP contribution >= 0.6 is 22.7 Å². The molecule has 0 atom stereocenters. The molecule has 1 aromatic carbocycles. The van der Waals surface area contributed by atoms with E-state index in [1.807, 2.05) is 0 Å². The van der Waals surface area contributed by atoms with Gasteiger partial charge in [0.15, 0.2) is 0 Å². The van der Waals surface area contributed by atoms with E-state index in [2.05, 4.69) is 4.98 Å². The lowest BCUT2D eigenvalue weighted by atomic mass is 10.2. The lowest BCUT2D eigenvalue weighted by Crippen LogP contribution is -2.16. The maximum absolute atomic E-state index is 12.1. The van der Waals surface area contributed by atoms with E-state index < -0.39 is 16.1 Å². The van der Waals surface area contributed by atoms with Crippen molar-refractivity contribution in [2.45, 2.75) is 0 Å². The zero-order valence-corrected chi connectivity index (χ0v) is 15.2. The molecule has 0 aliphatic rings. The first-order valence-electron chi connectivity index (χ1n) is 6.53. The number of nitrogens with two attached hydrogens (primary N) is 1. The van der Waals surface area contributed by atoms with E-state index in [0.29, 0.717) is 22.4 Å². The molecule has 3 aromatic rings. The Hall–Kier alpha value is -2.34. The van der Waals surface area contributed by atoms with Gasteiger partial charge in [-0.15, -0.1) is 22.7 Å². The number of hydrogen-bond acceptors (Lipinski definition) is 9. The second-order valence-corrected chi connectivity index (χ2v) is 7.86. The number of hydrogen-bond donors (Lipinski definition) is 2. The van der Waals surface area contributed by atoms with Gasteiger partial charge in [0.2, 0.25) is 0 Å². The van der Waals surface area contributed by atoms with Gasteiger partial charge in [-0.2, -0.15) is 0 Å². The first-order valence-corrected chi connectivity index (χ1v) is 10.1. The predicted octanol–water partition coefficient (Wildman–Crippen LogP) is 2.02.